The van der Waals surface area contributed by atoms with Crippen LogP contribution in [0.3, 0.4) is 0 Å². The van der Waals surface area contributed by atoms with Gasteiger partial charge < -0.3 is 40.0 Å². The number of ether oxygens (including phenoxy) is 3. The second kappa shape index (κ2) is 9.35. The van der Waals surface area contributed by atoms with Crippen LogP contribution in [-0.2, 0) is 14.2 Å². The van der Waals surface area contributed by atoms with Crippen LogP contribution in [0.25, 0.3) is 0 Å². The molecule has 8 nitrogen and oxygen atoms in total. The highest BCUT2D eigenvalue weighted by molar-refractivity contribution is 5.32. The van der Waals surface area contributed by atoms with Gasteiger partial charge in [0.15, 0.2) is 6.29 Å². The number of aliphatic hydroxyl groups is 4. The quantitative estimate of drug-likeness (QED) is 0.324. The molecule has 0 aromatic heterocycles. The van der Waals surface area contributed by atoms with Gasteiger partial charge in [0.1, 0.15) is 18.3 Å². The van der Waals surface area contributed by atoms with Crippen molar-refractivity contribution in [3.05, 3.63) is 0 Å². The molecule has 7 rings (SSSR count). The maximum absolute atomic E-state index is 12.3. The molecule has 2 heterocycles. The lowest BCUT2D eigenvalue weighted by Crippen LogP contribution is -2.61. The number of likely N-dealkylation sites (N-methyl/N-ethyl adjacent to an activating group) is 1. The normalized spacial score (nSPS) is 60.7. The molecular formula is C33H55NO7. The summed E-state index contributed by atoms with van der Waals surface area (Å²) in [7, 11) is 1.99. The standard InChI is InChI=1S/C33H55NO7/c1-17-13-18(14-34-6)40-26-23(17)30(4)11-12-33-16-32(33)10-9-22(41-28-25(37)24(36)19(35)15-39-28)29(2,3)20(32)7-8-21(33)31(30,5)27(26)38/h17-28,34-38H,7-16H2,1-6H3/t17-,18?,19-,20+,21?,22+,23+,24+,25-,26?,27+,28+,30-,31-,32-,33+/m1/s1. The fraction of sp³-hybridized carbons (Fsp3) is 1.00. The van der Waals surface area contributed by atoms with E-state index in [0.29, 0.717) is 23.7 Å². The summed E-state index contributed by atoms with van der Waals surface area (Å²) in [5, 5.41) is 46.3. The number of hydrogen-bond acceptors (Lipinski definition) is 8. The van der Waals surface area contributed by atoms with Crippen LogP contribution in [0.5, 0.6) is 0 Å². The molecule has 3 unspecified atom stereocenters. The summed E-state index contributed by atoms with van der Waals surface area (Å²) in [6, 6.07) is 0. The molecule has 0 radical (unpaired) electrons. The predicted molar refractivity (Wildman–Crippen MR) is 153 cm³/mol. The fourth-order valence-corrected chi connectivity index (χ4v) is 13.0. The van der Waals surface area contributed by atoms with Crippen LogP contribution in [0.4, 0.5) is 0 Å². The molecule has 0 aromatic rings. The lowest BCUT2D eigenvalue weighted by atomic mass is 9.41. The molecule has 0 amide bonds. The number of aliphatic hydroxyl groups excluding tert-OH is 4. The minimum absolute atomic E-state index is 0.0338. The Bertz CT molecular complexity index is 1040. The van der Waals surface area contributed by atoms with Crippen molar-refractivity contribution in [3.63, 3.8) is 0 Å². The molecule has 41 heavy (non-hydrogen) atoms. The molecule has 0 aromatic carbocycles. The van der Waals surface area contributed by atoms with Gasteiger partial charge in [0.25, 0.3) is 0 Å². The highest BCUT2D eigenvalue weighted by Gasteiger charge is 2.84. The Kier molecular flexibility index (Phi) is 6.70. The zero-order valence-electron chi connectivity index (χ0n) is 26.0. The lowest BCUT2D eigenvalue weighted by Gasteiger charge is -2.64. The second-order valence-electron chi connectivity index (χ2n) is 16.6. The summed E-state index contributed by atoms with van der Waals surface area (Å²) in [5.74, 6) is 1.94. The first kappa shape index (κ1) is 29.4. The summed E-state index contributed by atoms with van der Waals surface area (Å²) in [6.07, 6.45) is 4.04. The maximum atomic E-state index is 12.3. The Labute approximate surface area is 245 Å². The first-order chi connectivity index (χ1) is 19.3. The van der Waals surface area contributed by atoms with Crippen LogP contribution < -0.4 is 5.32 Å². The monoisotopic (exact) mass is 577 g/mol. The van der Waals surface area contributed by atoms with Crippen molar-refractivity contribution in [3.8, 4) is 0 Å². The predicted octanol–water partition coefficient (Wildman–Crippen LogP) is 2.84. The molecule has 7 fully saturated rings. The van der Waals surface area contributed by atoms with Crippen molar-refractivity contribution >= 4 is 0 Å². The van der Waals surface area contributed by atoms with Crippen molar-refractivity contribution in [2.75, 3.05) is 20.2 Å². The van der Waals surface area contributed by atoms with Crippen molar-refractivity contribution in [2.24, 2.45) is 50.7 Å². The summed E-state index contributed by atoms with van der Waals surface area (Å²) < 4.78 is 18.8. The molecule has 0 bridgehead atoms. The average molecular weight is 578 g/mol. The van der Waals surface area contributed by atoms with E-state index >= 15 is 0 Å². The minimum atomic E-state index is -1.26. The summed E-state index contributed by atoms with van der Waals surface area (Å²) in [4.78, 5) is 0. The van der Waals surface area contributed by atoms with Crippen LogP contribution in [-0.4, -0.2) is 89.6 Å². The highest BCUT2D eigenvalue weighted by Crippen LogP contribution is 2.89. The van der Waals surface area contributed by atoms with E-state index in [-0.39, 0.29) is 52.0 Å². The second-order valence-corrected chi connectivity index (χ2v) is 16.6. The van der Waals surface area contributed by atoms with E-state index in [1.54, 1.807) is 0 Å². The maximum Gasteiger partial charge on any atom is 0.186 e. The van der Waals surface area contributed by atoms with Crippen molar-refractivity contribution in [1.82, 2.24) is 5.32 Å². The molecule has 16 atom stereocenters. The Morgan fingerprint density at radius 2 is 1.61 bits per heavy atom. The van der Waals surface area contributed by atoms with Crippen molar-refractivity contribution < 1.29 is 34.6 Å². The molecule has 5 aliphatic carbocycles. The van der Waals surface area contributed by atoms with Gasteiger partial charge in [-0.15, -0.1) is 0 Å². The van der Waals surface area contributed by atoms with Gasteiger partial charge in [-0.3, -0.25) is 0 Å². The number of hydrogen-bond donors (Lipinski definition) is 5. The topological polar surface area (TPSA) is 121 Å². The molecule has 234 valence electrons. The fourth-order valence-electron chi connectivity index (χ4n) is 13.0. The summed E-state index contributed by atoms with van der Waals surface area (Å²) in [5.41, 5.74) is 0.351. The molecular weight excluding hydrogens is 522 g/mol. The summed E-state index contributed by atoms with van der Waals surface area (Å²) in [6.45, 7) is 12.8. The number of rotatable bonds is 4. The average Bonchev–Trinajstić information content (AvgIpc) is 3.55. The van der Waals surface area contributed by atoms with Gasteiger partial charge in [0.2, 0.25) is 0 Å². The Hall–Kier alpha value is -0.320. The van der Waals surface area contributed by atoms with E-state index in [2.05, 4.69) is 39.9 Å². The smallest absolute Gasteiger partial charge is 0.186 e. The van der Waals surface area contributed by atoms with E-state index in [1.165, 1.54) is 19.3 Å². The molecule has 7 aliphatic rings. The van der Waals surface area contributed by atoms with Gasteiger partial charge in [0.05, 0.1) is 31.0 Å². The van der Waals surface area contributed by atoms with E-state index in [0.717, 1.165) is 38.6 Å². The molecule has 2 spiro atoms. The zero-order valence-corrected chi connectivity index (χ0v) is 26.0. The van der Waals surface area contributed by atoms with Gasteiger partial charge in [0, 0.05) is 12.0 Å². The third kappa shape index (κ3) is 3.57. The van der Waals surface area contributed by atoms with E-state index in [1.807, 2.05) is 7.05 Å². The Morgan fingerprint density at radius 3 is 2.34 bits per heavy atom. The largest absolute Gasteiger partial charge is 0.390 e. The minimum Gasteiger partial charge on any atom is -0.390 e. The van der Waals surface area contributed by atoms with Crippen molar-refractivity contribution in [2.45, 2.75) is 135 Å². The van der Waals surface area contributed by atoms with Crippen LogP contribution in [0.2, 0.25) is 0 Å². The first-order valence-electron chi connectivity index (χ1n) is 16.6. The Morgan fingerprint density at radius 1 is 0.902 bits per heavy atom. The molecule has 5 N–H and O–H groups in total. The van der Waals surface area contributed by atoms with Crippen LogP contribution in [0, 0.1) is 50.7 Å². The third-order valence-electron chi connectivity index (χ3n) is 15.0. The molecule has 2 aliphatic heterocycles. The lowest BCUT2D eigenvalue weighted by molar-refractivity contribution is -0.303. The van der Waals surface area contributed by atoms with Crippen LogP contribution >= 0.6 is 0 Å². The van der Waals surface area contributed by atoms with E-state index in [4.69, 9.17) is 14.2 Å². The van der Waals surface area contributed by atoms with Crippen molar-refractivity contribution in [1.29, 1.82) is 0 Å². The zero-order chi connectivity index (χ0) is 29.3. The SMILES string of the molecule is CNCC1C[C@@H](C)[C@H]2C(O1)[C@H](O)[C@@]1(C)C3CC[C@H]4C(C)(C)[C@@H](O[C@@H]5OC[C@@H](O)[C@H](O)[C@H]5O)CC[C@@]45C[C@@]35CC[C@]21C. The number of nitrogens with one attached hydrogen (secondary N) is 1. The first-order valence-corrected chi connectivity index (χ1v) is 16.6. The van der Waals surface area contributed by atoms with Gasteiger partial charge in [-0.1, -0.05) is 34.6 Å². The van der Waals surface area contributed by atoms with E-state index in [9.17, 15) is 20.4 Å². The van der Waals surface area contributed by atoms with Gasteiger partial charge in [-0.05, 0) is 104 Å². The molecule has 5 saturated carbocycles. The Balaban J connectivity index is 1.15. The van der Waals surface area contributed by atoms with Crippen LogP contribution in [0.15, 0.2) is 0 Å². The number of fused-ring (bicyclic) bond motifs is 4. The van der Waals surface area contributed by atoms with E-state index < -0.39 is 30.7 Å². The van der Waals surface area contributed by atoms with Gasteiger partial charge in [-0.25, -0.2) is 0 Å². The molecule has 8 heteroatoms. The third-order valence-corrected chi connectivity index (χ3v) is 15.0. The van der Waals surface area contributed by atoms with Gasteiger partial charge in [-0.2, -0.15) is 0 Å². The van der Waals surface area contributed by atoms with Gasteiger partial charge >= 0.3 is 0 Å². The summed E-state index contributed by atoms with van der Waals surface area (Å²) >= 11 is 0. The molecule has 2 saturated heterocycles. The highest BCUT2D eigenvalue weighted by atomic mass is 16.7. The van der Waals surface area contributed by atoms with Crippen LogP contribution in [0.1, 0.15) is 86.0 Å².